The predicted molar refractivity (Wildman–Crippen MR) is 197 cm³/mol. The van der Waals surface area contributed by atoms with Crippen molar-refractivity contribution in [1.82, 2.24) is 4.40 Å². The van der Waals surface area contributed by atoms with Gasteiger partial charge in [0.05, 0.1) is 18.2 Å². The predicted octanol–water partition coefficient (Wildman–Crippen LogP) is 8.40. The molecule has 6 nitrogen and oxygen atoms in total. The van der Waals surface area contributed by atoms with Crippen LogP contribution in [0.15, 0.2) is 109 Å². The first-order valence-electron chi connectivity index (χ1n) is 16.3. The van der Waals surface area contributed by atoms with Crippen molar-refractivity contribution in [3.63, 3.8) is 0 Å². The van der Waals surface area contributed by atoms with Crippen LogP contribution in [0.4, 0.5) is 4.39 Å². The molecule has 2 unspecified atom stereocenters. The third-order valence-electron chi connectivity index (χ3n) is 8.84. The van der Waals surface area contributed by atoms with E-state index in [0.29, 0.717) is 0 Å². The molecule has 0 fully saturated rings. The molecule has 5 aromatic rings. The van der Waals surface area contributed by atoms with E-state index in [2.05, 4.69) is 50.9 Å². The van der Waals surface area contributed by atoms with Gasteiger partial charge in [0.2, 0.25) is 0 Å². The minimum absolute atomic E-state index is 0.0293. The summed E-state index contributed by atoms with van der Waals surface area (Å²) >= 11 is 0. The van der Waals surface area contributed by atoms with Crippen LogP contribution >= 0.6 is 8.03 Å². The number of carbonyl (C=O) groups is 1. The normalized spacial score (nSPS) is 13.5. The average Bonchev–Trinajstić information content (AvgIpc) is 3.41. The number of halogens is 1. The summed E-state index contributed by atoms with van der Waals surface area (Å²) in [5, 5.41) is 12.0. The number of fused-ring (bicyclic) bond motifs is 1. The number of aromatic nitrogens is 1. The highest BCUT2D eigenvalue weighted by molar-refractivity contribution is 7.41. The van der Waals surface area contributed by atoms with Gasteiger partial charge in [-0.2, -0.15) is 0 Å². The second-order valence-electron chi connectivity index (χ2n) is 13.3. The SMILES string of the molecule is CO[P+](=O)[C@H](C(=O)O)C(CC#Cc1c(-c2ccc(F)cc2)c2ccccn2c1C(C)C)O[Si](c1ccccc1)(c1ccccc1)C(C)(C)C. The lowest BCUT2D eigenvalue weighted by Crippen LogP contribution is -2.68. The Kier molecular flexibility index (Phi) is 11.0. The number of carboxylic acid groups (broad SMARTS) is 1. The number of rotatable bonds is 11. The summed E-state index contributed by atoms with van der Waals surface area (Å²) in [4.78, 5) is 12.9. The van der Waals surface area contributed by atoms with Crippen molar-refractivity contribution >= 4 is 38.2 Å². The van der Waals surface area contributed by atoms with Crippen molar-refractivity contribution in [3.05, 3.63) is 126 Å². The minimum Gasteiger partial charge on any atom is -0.478 e. The van der Waals surface area contributed by atoms with Crippen LogP contribution in [0.25, 0.3) is 16.6 Å². The van der Waals surface area contributed by atoms with E-state index < -0.39 is 39.1 Å². The molecular formula is C40H42FNO5PSi+. The van der Waals surface area contributed by atoms with E-state index in [9.17, 15) is 18.9 Å². The highest BCUT2D eigenvalue weighted by Crippen LogP contribution is 2.42. The molecule has 0 aliphatic carbocycles. The van der Waals surface area contributed by atoms with Gasteiger partial charge in [0.1, 0.15) is 11.9 Å². The lowest BCUT2D eigenvalue weighted by Gasteiger charge is -2.44. The van der Waals surface area contributed by atoms with Crippen molar-refractivity contribution in [2.45, 2.75) is 63.8 Å². The first-order chi connectivity index (χ1) is 23.4. The van der Waals surface area contributed by atoms with Gasteiger partial charge >= 0.3 is 19.7 Å². The van der Waals surface area contributed by atoms with Crippen LogP contribution in [0.3, 0.4) is 0 Å². The molecule has 252 valence electrons. The van der Waals surface area contributed by atoms with Crippen LogP contribution in [0.2, 0.25) is 5.04 Å². The van der Waals surface area contributed by atoms with Crippen molar-refractivity contribution in [3.8, 4) is 23.0 Å². The Morgan fingerprint density at radius 1 is 0.918 bits per heavy atom. The topological polar surface area (TPSA) is 77.2 Å². The molecule has 2 aromatic heterocycles. The van der Waals surface area contributed by atoms with Gasteiger partial charge in [-0.3, -0.25) is 0 Å². The van der Waals surface area contributed by atoms with E-state index >= 15 is 0 Å². The van der Waals surface area contributed by atoms with Crippen LogP contribution in [-0.2, 0) is 18.3 Å². The number of pyridine rings is 1. The second kappa shape index (κ2) is 15.0. The Balaban J connectivity index is 1.72. The number of benzene rings is 3. The Labute approximate surface area is 289 Å². The molecule has 3 atom stereocenters. The Bertz CT molecular complexity index is 1950. The molecule has 0 aliphatic heterocycles. The van der Waals surface area contributed by atoms with E-state index in [1.54, 1.807) is 12.1 Å². The molecule has 2 heterocycles. The van der Waals surface area contributed by atoms with Crippen LogP contribution in [0.5, 0.6) is 0 Å². The van der Waals surface area contributed by atoms with Gasteiger partial charge in [-0.15, -0.1) is 4.52 Å². The third-order valence-corrected chi connectivity index (χ3v) is 15.3. The molecule has 5 rings (SSSR count). The molecule has 0 radical (unpaired) electrons. The fourth-order valence-electron chi connectivity index (χ4n) is 6.71. The summed E-state index contributed by atoms with van der Waals surface area (Å²) in [6, 6.07) is 32.1. The Morgan fingerprint density at radius 3 is 2.00 bits per heavy atom. The maximum absolute atomic E-state index is 14.0. The summed E-state index contributed by atoms with van der Waals surface area (Å²) < 4.78 is 41.9. The lowest BCUT2D eigenvalue weighted by atomic mass is 9.97. The molecule has 1 N–H and O–H groups in total. The molecule has 9 heteroatoms. The van der Waals surface area contributed by atoms with E-state index in [1.807, 2.05) is 85.1 Å². The van der Waals surface area contributed by atoms with Gasteiger partial charge in [0.15, 0.2) is 0 Å². The van der Waals surface area contributed by atoms with Crippen molar-refractivity contribution in [2.75, 3.05) is 7.11 Å². The summed E-state index contributed by atoms with van der Waals surface area (Å²) in [6.07, 6.45) is 0.869. The van der Waals surface area contributed by atoms with Crippen LogP contribution in [0, 0.1) is 17.7 Å². The van der Waals surface area contributed by atoms with Gasteiger partial charge in [0.25, 0.3) is 8.32 Å². The monoisotopic (exact) mass is 694 g/mol. The fourth-order valence-corrected chi connectivity index (χ4v) is 12.4. The quantitative estimate of drug-likeness (QED) is 0.0854. The largest absolute Gasteiger partial charge is 0.525 e. The average molecular weight is 695 g/mol. The zero-order valence-corrected chi connectivity index (χ0v) is 30.6. The van der Waals surface area contributed by atoms with Gasteiger partial charge in [0, 0.05) is 23.9 Å². The summed E-state index contributed by atoms with van der Waals surface area (Å²) in [6.45, 7) is 10.5. The number of hydrogen-bond donors (Lipinski definition) is 1. The third kappa shape index (κ3) is 7.17. The smallest absolute Gasteiger partial charge is 0.478 e. The molecule has 0 saturated heterocycles. The first kappa shape index (κ1) is 35.9. The maximum Gasteiger partial charge on any atom is 0.525 e. The Hall–Kier alpha value is -4.38. The van der Waals surface area contributed by atoms with Gasteiger partial charge < -0.3 is 13.9 Å². The summed E-state index contributed by atoms with van der Waals surface area (Å²) in [5.41, 5.74) is 2.86. The fraction of sp³-hybridized carbons (Fsp3) is 0.275. The highest BCUT2D eigenvalue weighted by Gasteiger charge is 2.56. The number of hydrogen-bond acceptors (Lipinski definition) is 4. The van der Waals surface area contributed by atoms with E-state index in [4.69, 9.17) is 8.95 Å². The van der Waals surface area contributed by atoms with Crippen LogP contribution in [0.1, 0.15) is 58.2 Å². The highest BCUT2D eigenvalue weighted by atomic mass is 31.1. The zero-order valence-electron chi connectivity index (χ0n) is 28.7. The number of aliphatic carboxylic acids is 1. The molecule has 0 spiro atoms. The van der Waals surface area contributed by atoms with E-state index in [1.165, 1.54) is 19.2 Å². The van der Waals surface area contributed by atoms with Gasteiger partial charge in [-0.1, -0.05) is 125 Å². The minimum atomic E-state index is -3.29. The summed E-state index contributed by atoms with van der Waals surface area (Å²) in [7, 11) is -4.70. The molecular weight excluding hydrogens is 652 g/mol. The van der Waals surface area contributed by atoms with E-state index in [-0.39, 0.29) is 18.2 Å². The van der Waals surface area contributed by atoms with E-state index in [0.717, 1.165) is 38.3 Å². The molecule has 0 aliphatic rings. The zero-order chi connectivity index (χ0) is 35.3. The van der Waals surface area contributed by atoms with Gasteiger partial charge in [-0.05, 0) is 55.7 Å². The second-order valence-corrected chi connectivity index (χ2v) is 19.1. The Morgan fingerprint density at radius 2 is 1.49 bits per heavy atom. The number of nitrogens with zero attached hydrogens (tertiary/aromatic N) is 1. The lowest BCUT2D eigenvalue weighted by molar-refractivity contribution is -0.138. The van der Waals surface area contributed by atoms with Crippen LogP contribution in [-0.4, -0.2) is 42.7 Å². The number of carboxylic acids is 1. The molecule has 0 bridgehead atoms. The molecule has 49 heavy (non-hydrogen) atoms. The van der Waals surface area contributed by atoms with Gasteiger partial charge in [-0.25, -0.2) is 9.18 Å². The first-order valence-corrected chi connectivity index (χ1v) is 19.5. The summed E-state index contributed by atoms with van der Waals surface area (Å²) in [5.74, 6) is 5.14. The molecule has 3 aromatic carbocycles. The maximum atomic E-state index is 14.0. The standard InChI is InChI=1S/C40H41FNO5PSi/c1-28(2)37-33(36(29-23-25-30(41)26-24-29)34-21-13-14-27-42(34)37)20-15-22-35(38(39(43)44)48(45)46-6)47-49(40(3,4)5,31-16-9-7-10-17-31)32-18-11-8-12-19-32/h7-14,16-19,21,23-28,35,38H,22H2,1-6H3/p+1/t35?,38-/m0/s1. The molecule has 0 saturated carbocycles. The van der Waals surface area contributed by atoms with Crippen LogP contribution < -0.4 is 10.4 Å². The van der Waals surface area contributed by atoms with Crippen molar-refractivity contribution in [1.29, 1.82) is 0 Å². The van der Waals surface area contributed by atoms with Crippen molar-refractivity contribution < 1.29 is 27.8 Å². The molecule has 0 amide bonds. The van der Waals surface area contributed by atoms with Crippen molar-refractivity contribution in [2.24, 2.45) is 0 Å².